The van der Waals surface area contributed by atoms with Gasteiger partial charge >= 0.3 is 5.97 Å². The van der Waals surface area contributed by atoms with Crippen molar-refractivity contribution in [2.75, 3.05) is 12.9 Å². The molecule has 0 aromatic heterocycles. The average molecular weight is 212 g/mol. The van der Waals surface area contributed by atoms with E-state index in [1.165, 1.54) is 11.1 Å². The van der Waals surface area contributed by atoms with E-state index in [0.717, 1.165) is 12.8 Å². The number of esters is 1. The molecule has 0 aromatic carbocycles. The van der Waals surface area contributed by atoms with E-state index in [1.54, 1.807) is 11.8 Å². The molecule has 0 unspecified atom stereocenters. The first-order chi connectivity index (χ1) is 6.62. The quantitative estimate of drug-likeness (QED) is 0.493. The Balaban J connectivity index is 2.36. The highest BCUT2D eigenvalue weighted by Gasteiger charge is 2.54. The molecule has 14 heavy (non-hydrogen) atoms. The summed E-state index contributed by atoms with van der Waals surface area (Å²) in [7, 11) is 0. The maximum absolute atomic E-state index is 11.8. The van der Waals surface area contributed by atoms with E-state index in [9.17, 15) is 4.79 Å². The molecule has 2 rings (SSSR count). The zero-order valence-electron chi connectivity index (χ0n) is 8.92. The molecule has 1 saturated heterocycles. The van der Waals surface area contributed by atoms with Gasteiger partial charge in [0.25, 0.3) is 0 Å². The summed E-state index contributed by atoms with van der Waals surface area (Å²) in [5, 5.41) is 0.345. The molecule has 2 atom stereocenters. The van der Waals surface area contributed by atoms with Gasteiger partial charge in [0.1, 0.15) is 0 Å². The van der Waals surface area contributed by atoms with Crippen LogP contribution in [0.1, 0.15) is 26.7 Å². The van der Waals surface area contributed by atoms with Crippen LogP contribution in [0.15, 0.2) is 11.1 Å². The van der Waals surface area contributed by atoms with Crippen LogP contribution in [0.3, 0.4) is 0 Å². The van der Waals surface area contributed by atoms with Crippen molar-refractivity contribution in [1.29, 1.82) is 0 Å². The molecule has 78 valence electrons. The van der Waals surface area contributed by atoms with E-state index in [-0.39, 0.29) is 11.4 Å². The summed E-state index contributed by atoms with van der Waals surface area (Å²) in [6, 6.07) is 0. The summed E-state index contributed by atoms with van der Waals surface area (Å²) in [6.07, 6.45) is 3.88. The second-order valence-corrected chi connectivity index (χ2v) is 5.24. The van der Waals surface area contributed by atoms with E-state index in [2.05, 4.69) is 20.1 Å². The highest BCUT2D eigenvalue weighted by molar-refractivity contribution is 7.99. The number of ether oxygens (including phenoxy) is 1. The fourth-order valence-electron chi connectivity index (χ4n) is 2.72. The van der Waals surface area contributed by atoms with Gasteiger partial charge in [-0.1, -0.05) is 11.1 Å². The van der Waals surface area contributed by atoms with Crippen LogP contribution < -0.4 is 0 Å². The van der Waals surface area contributed by atoms with E-state index in [0.29, 0.717) is 11.9 Å². The van der Waals surface area contributed by atoms with Crippen molar-refractivity contribution in [1.82, 2.24) is 0 Å². The molecule has 2 nitrogen and oxygen atoms in total. The Hall–Kier alpha value is -0.440. The minimum Gasteiger partial charge on any atom is -0.465 e. The molecule has 3 heteroatoms. The van der Waals surface area contributed by atoms with Crippen LogP contribution in [0, 0.1) is 5.41 Å². The average Bonchev–Trinajstić information content (AvgIpc) is 2.60. The number of rotatable bonds is 1. The Kier molecular flexibility index (Phi) is 2.38. The SMILES string of the molecule is CS[C@H]1C(C)=C(C)C[C@@]12CCOC2=O. The third-order valence-corrected chi connectivity index (χ3v) is 4.85. The number of hydrogen-bond acceptors (Lipinski definition) is 3. The van der Waals surface area contributed by atoms with Crippen molar-refractivity contribution in [2.45, 2.75) is 31.9 Å². The molecule has 0 N–H and O–H groups in total. The minimum atomic E-state index is -0.215. The zero-order valence-corrected chi connectivity index (χ0v) is 9.74. The predicted molar refractivity (Wildman–Crippen MR) is 58.3 cm³/mol. The molecular formula is C11H16O2S. The van der Waals surface area contributed by atoms with Gasteiger partial charge in [0, 0.05) is 5.25 Å². The molecule has 0 bridgehead atoms. The van der Waals surface area contributed by atoms with Crippen molar-refractivity contribution in [3.05, 3.63) is 11.1 Å². The Labute approximate surface area is 89.1 Å². The third-order valence-electron chi connectivity index (χ3n) is 3.57. The standard InChI is InChI=1S/C11H16O2S/c1-7-6-11(4-5-13-10(11)12)9(14-3)8(7)2/h9H,4-6H2,1-3H3/t9-,11-/m0/s1. The monoisotopic (exact) mass is 212 g/mol. The molecule has 2 aliphatic rings. The lowest BCUT2D eigenvalue weighted by molar-refractivity contribution is -0.145. The number of hydrogen-bond donors (Lipinski definition) is 0. The van der Waals surface area contributed by atoms with Crippen LogP contribution in [0.4, 0.5) is 0 Å². The second-order valence-electron chi connectivity index (χ2n) is 4.30. The molecular weight excluding hydrogens is 196 g/mol. The number of cyclic esters (lactones) is 1. The fourth-order valence-corrected chi connectivity index (χ4v) is 4.02. The van der Waals surface area contributed by atoms with Crippen LogP contribution in [0.2, 0.25) is 0 Å². The van der Waals surface area contributed by atoms with Crippen LogP contribution >= 0.6 is 11.8 Å². The van der Waals surface area contributed by atoms with E-state index in [4.69, 9.17) is 4.74 Å². The smallest absolute Gasteiger partial charge is 0.313 e. The van der Waals surface area contributed by atoms with Gasteiger partial charge in [-0.3, -0.25) is 4.79 Å². The van der Waals surface area contributed by atoms with Gasteiger partial charge in [0.05, 0.1) is 12.0 Å². The van der Waals surface area contributed by atoms with Crippen LogP contribution in [-0.2, 0) is 9.53 Å². The van der Waals surface area contributed by atoms with E-state index >= 15 is 0 Å². The predicted octanol–water partition coefficient (Wildman–Crippen LogP) is 2.39. The van der Waals surface area contributed by atoms with Crippen molar-refractivity contribution >= 4 is 17.7 Å². The maximum atomic E-state index is 11.8. The molecule has 1 spiro atoms. The molecule has 1 aliphatic carbocycles. The summed E-state index contributed by atoms with van der Waals surface area (Å²) >= 11 is 1.79. The number of carbonyl (C=O) groups excluding carboxylic acids is 1. The number of allylic oxidation sites excluding steroid dienone is 1. The summed E-state index contributed by atoms with van der Waals surface area (Å²) < 4.78 is 5.14. The van der Waals surface area contributed by atoms with Crippen molar-refractivity contribution in [3.8, 4) is 0 Å². The number of thioether (sulfide) groups is 1. The van der Waals surface area contributed by atoms with Gasteiger partial charge in [0.2, 0.25) is 0 Å². The highest BCUT2D eigenvalue weighted by atomic mass is 32.2. The van der Waals surface area contributed by atoms with Crippen molar-refractivity contribution in [2.24, 2.45) is 5.41 Å². The molecule has 0 amide bonds. The Morgan fingerprint density at radius 2 is 2.21 bits per heavy atom. The summed E-state index contributed by atoms with van der Waals surface area (Å²) in [4.78, 5) is 11.8. The van der Waals surface area contributed by atoms with Crippen LogP contribution in [0.5, 0.6) is 0 Å². The van der Waals surface area contributed by atoms with Gasteiger partial charge in [-0.15, -0.1) is 0 Å². The van der Waals surface area contributed by atoms with Gasteiger partial charge in [0.15, 0.2) is 0 Å². The van der Waals surface area contributed by atoms with Gasteiger partial charge < -0.3 is 4.74 Å². The summed E-state index contributed by atoms with van der Waals surface area (Å²) in [5.41, 5.74) is 2.55. The van der Waals surface area contributed by atoms with Crippen molar-refractivity contribution in [3.63, 3.8) is 0 Å². The first-order valence-corrected chi connectivity index (χ1v) is 6.27. The maximum Gasteiger partial charge on any atom is 0.313 e. The highest BCUT2D eigenvalue weighted by Crippen LogP contribution is 2.52. The van der Waals surface area contributed by atoms with Gasteiger partial charge in [-0.2, -0.15) is 11.8 Å². The van der Waals surface area contributed by atoms with Crippen LogP contribution in [0.25, 0.3) is 0 Å². The van der Waals surface area contributed by atoms with Crippen molar-refractivity contribution < 1.29 is 9.53 Å². The lowest BCUT2D eigenvalue weighted by Gasteiger charge is -2.26. The zero-order chi connectivity index (χ0) is 10.3. The third kappa shape index (κ3) is 1.14. The minimum absolute atomic E-state index is 0.0213. The lowest BCUT2D eigenvalue weighted by atomic mass is 9.82. The Bertz CT molecular complexity index is 308. The fraction of sp³-hybridized carbons (Fsp3) is 0.727. The normalized spacial score (nSPS) is 37.1. The second kappa shape index (κ2) is 3.30. The summed E-state index contributed by atoms with van der Waals surface area (Å²) in [5.74, 6) is 0.0213. The first-order valence-electron chi connectivity index (χ1n) is 4.98. The van der Waals surface area contributed by atoms with Gasteiger partial charge in [-0.25, -0.2) is 0 Å². The molecule has 1 fully saturated rings. The van der Waals surface area contributed by atoms with E-state index in [1.807, 2.05) is 0 Å². The number of carbonyl (C=O) groups is 1. The lowest BCUT2D eigenvalue weighted by Crippen LogP contribution is -2.34. The topological polar surface area (TPSA) is 26.3 Å². The molecule has 0 saturated carbocycles. The van der Waals surface area contributed by atoms with Crippen LogP contribution in [-0.4, -0.2) is 24.1 Å². The van der Waals surface area contributed by atoms with Gasteiger partial charge in [-0.05, 0) is 32.9 Å². The Morgan fingerprint density at radius 3 is 2.71 bits per heavy atom. The first kappa shape index (κ1) is 10.1. The molecule has 1 aliphatic heterocycles. The molecule has 1 heterocycles. The largest absolute Gasteiger partial charge is 0.465 e. The molecule has 0 aromatic rings. The summed E-state index contributed by atoms with van der Waals surface area (Å²) in [6.45, 7) is 4.90. The van der Waals surface area contributed by atoms with E-state index < -0.39 is 0 Å². The Morgan fingerprint density at radius 1 is 1.50 bits per heavy atom. The molecule has 0 radical (unpaired) electrons.